The van der Waals surface area contributed by atoms with E-state index >= 15 is 0 Å². The number of hydrogen-bond acceptors (Lipinski definition) is 3. The van der Waals surface area contributed by atoms with E-state index in [2.05, 4.69) is 112 Å². The quantitative estimate of drug-likeness (QED) is 0.197. The van der Waals surface area contributed by atoms with E-state index in [9.17, 15) is 0 Å². The zero-order valence-corrected chi connectivity index (χ0v) is 21.1. The zero-order valence-electron chi connectivity index (χ0n) is 21.1. The second-order valence-corrected chi connectivity index (χ2v) is 10.5. The molecule has 4 heteroatoms. The summed E-state index contributed by atoms with van der Waals surface area (Å²) in [6.07, 6.45) is -0.186. The number of hydrogen-bond donors (Lipinski definition) is 3. The maximum absolute atomic E-state index is 6.51. The third kappa shape index (κ3) is 2.67. The normalized spacial score (nSPS) is 14.9. The van der Waals surface area contributed by atoms with E-state index in [0.29, 0.717) is 0 Å². The fourth-order valence-electron chi connectivity index (χ4n) is 6.79. The van der Waals surface area contributed by atoms with Gasteiger partial charge in [-0.05, 0) is 29.7 Å². The van der Waals surface area contributed by atoms with Crippen LogP contribution in [0.2, 0.25) is 0 Å². The van der Waals surface area contributed by atoms with Gasteiger partial charge in [-0.1, -0.05) is 91.0 Å². The highest BCUT2D eigenvalue weighted by atomic mass is 15.1. The Bertz CT molecular complexity index is 2260. The third-order valence-corrected chi connectivity index (χ3v) is 8.46. The first kappa shape index (κ1) is 20.8. The van der Waals surface area contributed by atoms with Crippen LogP contribution in [0.4, 0.5) is 17.1 Å². The first-order valence-corrected chi connectivity index (χ1v) is 13.4. The van der Waals surface area contributed by atoms with Crippen LogP contribution in [0.3, 0.4) is 0 Å². The fourth-order valence-corrected chi connectivity index (χ4v) is 6.79. The van der Waals surface area contributed by atoms with Crippen LogP contribution in [0.1, 0.15) is 11.7 Å². The molecular weight excluding hydrogens is 476 g/mol. The van der Waals surface area contributed by atoms with Crippen molar-refractivity contribution in [2.75, 3.05) is 16.4 Å². The molecule has 1 unspecified atom stereocenters. The van der Waals surface area contributed by atoms with Crippen molar-refractivity contribution in [3.05, 3.63) is 121 Å². The number of benzene rings is 6. The van der Waals surface area contributed by atoms with E-state index in [0.717, 1.165) is 22.6 Å². The Morgan fingerprint density at radius 2 is 1.36 bits per heavy atom. The predicted octanol–water partition coefficient (Wildman–Crippen LogP) is 8.78. The van der Waals surface area contributed by atoms with Crippen LogP contribution in [-0.4, -0.2) is 4.40 Å². The maximum Gasteiger partial charge on any atom is 0.125 e. The lowest BCUT2D eigenvalue weighted by molar-refractivity contribution is 0.914. The van der Waals surface area contributed by atoms with Crippen LogP contribution < -0.4 is 16.4 Å². The molecule has 0 saturated heterocycles. The SMILES string of the molecule is Nc1ccccc1C1Nc2ccccc2-c2cc3c4ccc5ccccc5c4n4c5ccccc5c(c2N1)c34. The third-order valence-electron chi connectivity index (χ3n) is 8.46. The van der Waals surface area contributed by atoms with Gasteiger partial charge in [-0.15, -0.1) is 0 Å². The van der Waals surface area contributed by atoms with Gasteiger partial charge >= 0.3 is 0 Å². The molecule has 0 fully saturated rings. The molecule has 4 nitrogen and oxygen atoms in total. The van der Waals surface area contributed by atoms with Crippen LogP contribution in [0.25, 0.3) is 60.0 Å². The molecule has 0 radical (unpaired) electrons. The Hall–Kier alpha value is -5.22. The topological polar surface area (TPSA) is 54.5 Å². The first-order valence-electron chi connectivity index (χ1n) is 13.4. The van der Waals surface area contributed by atoms with Crippen molar-refractivity contribution in [3.8, 4) is 11.1 Å². The number of aromatic nitrogens is 1. The van der Waals surface area contributed by atoms with Crippen molar-refractivity contribution < 1.29 is 0 Å². The highest BCUT2D eigenvalue weighted by molar-refractivity contribution is 6.31. The monoisotopic (exact) mass is 500 g/mol. The second kappa shape index (κ2) is 7.42. The van der Waals surface area contributed by atoms with Crippen molar-refractivity contribution in [3.63, 3.8) is 0 Å². The molecule has 0 spiro atoms. The van der Waals surface area contributed by atoms with Gasteiger partial charge in [0.15, 0.2) is 0 Å². The lowest BCUT2D eigenvalue weighted by Gasteiger charge is -2.23. The zero-order chi connectivity index (χ0) is 25.7. The molecule has 1 aliphatic rings. The fraction of sp³-hybridized carbons (Fsp3) is 0.0286. The summed E-state index contributed by atoms with van der Waals surface area (Å²) < 4.78 is 2.48. The molecule has 1 atom stereocenters. The summed E-state index contributed by atoms with van der Waals surface area (Å²) >= 11 is 0. The van der Waals surface area contributed by atoms with Crippen molar-refractivity contribution in [2.24, 2.45) is 0 Å². The van der Waals surface area contributed by atoms with Gasteiger partial charge in [0, 0.05) is 55.0 Å². The van der Waals surface area contributed by atoms with Gasteiger partial charge < -0.3 is 20.8 Å². The molecular formula is C35H24N4. The van der Waals surface area contributed by atoms with Crippen molar-refractivity contribution in [1.82, 2.24) is 4.40 Å². The smallest absolute Gasteiger partial charge is 0.125 e. The summed E-state index contributed by atoms with van der Waals surface area (Å²) in [4.78, 5) is 0. The molecule has 0 aliphatic carbocycles. The van der Waals surface area contributed by atoms with Crippen LogP contribution in [0.5, 0.6) is 0 Å². The molecule has 4 N–H and O–H groups in total. The molecule has 3 heterocycles. The Kier molecular flexibility index (Phi) is 3.96. The average Bonchev–Trinajstić information content (AvgIpc) is 3.43. The summed E-state index contributed by atoms with van der Waals surface area (Å²) in [5.74, 6) is 0. The first-order chi connectivity index (χ1) is 19.3. The van der Waals surface area contributed by atoms with Gasteiger partial charge in [0.25, 0.3) is 0 Å². The molecule has 9 rings (SSSR count). The van der Waals surface area contributed by atoms with E-state index < -0.39 is 0 Å². The largest absolute Gasteiger partial charge is 0.398 e. The number of nitrogen functional groups attached to an aromatic ring is 1. The molecule has 184 valence electrons. The number of nitrogens with zero attached hydrogens (tertiary/aromatic N) is 1. The average molecular weight is 501 g/mol. The summed E-state index contributed by atoms with van der Waals surface area (Å²) in [6.45, 7) is 0. The number of rotatable bonds is 1. The van der Waals surface area contributed by atoms with Crippen molar-refractivity contribution in [2.45, 2.75) is 6.17 Å². The van der Waals surface area contributed by atoms with Gasteiger partial charge in [-0.2, -0.15) is 0 Å². The minimum atomic E-state index is -0.186. The molecule has 8 aromatic rings. The van der Waals surface area contributed by atoms with Gasteiger partial charge in [0.05, 0.1) is 22.2 Å². The highest BCUT2D eigenvalue weighted by Crippen LogP contribution is 2.51. The Labute approximate surface area is 224 Å². The van der Waals surface area contributed by atoms with Gasteiger partial charge in [0.2, 0.25) is 0 Å². The molecule has 39 heavy (non-hydrogen) atoms. The van der Waals surface area contributed by atoms with E-state index in [1.165, 1.54) is 60.0 Å². The molecule has 6 aromatic carbocycles. The minimum absolute atomic E-state index is 0.186. The Morgan fingerprint density at radius 1 is 0.590 bits per heavy atom. The Balaban J connectivity index is 1.50. The summed E-state index contributed by atoms with van der Waals surface area (Å²) in [7, 11) is 0. The van der Waals surface area contributed by atoms with E-state index in [1.807, 2.05) is 18.2 Å². The number of fused-ring (bicyclic) bond motifs is 12. The molecule has 1 aliphatic heterocycles. The van der Waals surface area contributed by atoms with Crippen LogP contribution in [0.15, 0.2) is 115 Å². The maximum atomic E-state index is 6.51. The molecule has 0 bridgehead atoms. The van der Waals surface area contributed by atoms with Gasteiger partial charge in [-0.3, -0.25) is 0 Å². The lowest BCUT2D eigenvalue weighted by Crippen LogP contribution is -2.20. The van der Waals surface area contributed by atoms with E-state index in [4.69, 9.17) is 5.73 Å². The van der Waals surface area contributed by atoms with Gasteiger partial charge in [-0.25, -0.2) is 0 Å². The van der Waals surface area contributed by atoms with Crippen LogP contribution in [0, 0.1) is 0 Å². The molecule has 2 aromatic heterocycles. The summed E-state index contributed by atoms with van der Waals surface area (Å²) in [5, 5.41) is 15.3. The number of para-hydroxylation sites is 3. The second-order valence-electron chi connectivity index (χ2n) is 10.5. The minimum Gasteiger partial charge on any atom is -0.398 e. The number of nitrogens with one attached hydrogen (secondary N) is 2. The molecule has 0 amide bonds. The van der Waals surface area contributed by atoms with Crippen molar-refractivity contribution >= 4 is 65.9 Å². The van der Waals surface area contributed by atoms with Crippen LogP contribution in [-0.2, 0) is 0 Å². The van der Waals surface area contributed by atoms with Crippen LogP contribution >= 0.6 is 0 Å². The van der Waals surface area contributed by atoms with E-state index in [1.54, 1.807) is 0 Å². The predicted molar refractivity (Wildman–Crippen MR) is 165 cm³/mol. The summed E-state index contributed by atoms with van der Waals surface area (Å²) in [5.41, 5.74) is 16.7. The number of nitrogens with two attached hydrogens (primary N) is 1. The lowest BCUT2D eigenvalue weighted by atomic mass is 9.95. The van der Waals surface area contributed by atoms with Crippen molar-refractivity contribution in [1.29, 1.82) is 0 Å². The Morgan fingerprint density at radius 3 is 2.28 bits per heavy atom. The molecule has 0 saturated carbocycles. The standard InChI is InChI=1S/C35H24N4/c36-28-14-6-3-12-24(28)35-37-29-15-7-4-11-22(29)26-19-27-23-18-17-20-9-1-2-10-21(20)33(23)39-30-16-8-5-13-25(30)31(34(27)39)32(26)38-35/h1-19,35,37-38H,36H2. The van der Waals surface area contributed by atoms with Gasteiger partial charge in [0.1, 0.15) is 6.17 Å². The number of anilines is 3. The summed E-state index contributed by atoms with van der Waals surface area (Å²) in [6, 6.07) is 41.1. The highest BCUT2D eigenvalue weighted by Gasteiger charge is 2.28. The van der Waals surface area contributed by atoms with E-state index in [-0.39, 0.29) is 6.17 Å².